The van der Waals surface area contributed by atoms with Gasteiger partial charge in [-0.05, 0) is 6.04 Å². The molecule has 0 bridgehead atoms. The van der Waals surface area contributed by atoms with Crippen LogP contribution in [-0.2, 0) is 0 Å². The molecule has 7 heavy (non-hydrogen) atoms. The summed E-state index contributed by atoms with van der Waals surface area (Å²) in [7, 11) is -0.232. The maximum Gasteiger partial charge on any atom is 0.129 e. The summed E-state index contributed by atoms with van der Waals surface area (Å²) in [6.45, 7) is 3.50. The third-order valence-corrected chi connectivity index (χ3v) is 1.59. The quantitative estimate of drug-likeness (QED) is 0.248. The zero-order valence-electron chi connectivity index (χ0n) is 4.45. The molecule has 0 heterocycles. The van der Waals surface area contributed by atoms with Crippen LogP contribution < -0.4 is 0 Å². The summed E-state index contributed by atoms with van der Waals surface area (Å²) in [5.74, 6) is 0. The molecule has 0 saturated heterocycles. The van der Waals surface area contributed by atoms with Crippen LogP contribution in [0.25, 0.3) is 0 Å². The summed E-state index contributed by atoms with van der Waals surface area (Å²) in [5, 5.41) is 0. The number of alkyl halides is 1. The minimum atomic E-state index is -0.232. The van der Waals surface area contributed by atoms with Crippen molar-refractivity contribution in [3.05, 3.63) is 12.7 Å². The molecule has 3 heteroatoms. The van der Waals surface area contributed by atoms with E-state index in [1.54, 1.807) is 0 Å². The highest BCUT2D eigenvalue weighted by molar-refractivity contribution is 6.93. The molecule has 0 N–H and O–H groups in total. The number of hydrogen-bond donors (Lipinski definition) is 0. The van der Waals surface area contributed by atoms with Crippen molar-refractivity contribution in [1.29, 1.82) is 0 Å². The fourth-order valence-corrected chi connectivity index (χ4v) is 0.694. The fourth-order valence-electron chi connectivity index (χ4n) is 0.0772. The van der Waals surface area contributed by atoms with E-state index < -0.39 is 0 Å². The highest BCUT2D eigenvalue weighted by atomic mass is 35.6. The van der Waals surface area contributed by atoms with Gasteiger partial charge in [0.25, 0.3) is 0 Å². The molecule has 0 aliphatic rings. The van der Waals surface area contributed by atoms with Gasteiger partial charge in [0, 0.05) is 6.38 Å². The smallest absolute Gasteiger partial charge is 0.129 e. The predicted molar refractivity (Wildman–Crippen MR) is 41.2 cm³/mol. The molecule has 0 saturated carbocycles. The molecular weight excluding hydrogens is 147 g/mol. The maximum atomic E-state index is 5.37. The molecule has 0 aromatic carbocycles. The molecule has 0 amide bonds. The maximum absolute atomic E-state index is 5.37. The van der Waals surface area contributed by atoms with Crippen LogP contribution in [0, 0.1) is 0 Å². The van der Waals surface area contributed by atoms with Crippen molar-refractivity contribution < 1.29 is 0 Å². The lowest BCUT2D eigenvalue weighted by Crippen LogP contribution is -1.64. The Hall–Kier alpha value is 0.537. The van der Waals surface area contributed by atoms with Crippen molar-refractivity contribution >= 4 is 31.5 Å². The lowest BCUT2D eigenvalue weighted by Gasteiger charge is -1.68. The van der Waals surface area contributed by atoms with E-state index in [-0.39, 0.29) is 8.83 Å². The van der Waals surface area contributed by atoms with Crippen LogP contribution in [-0.4, -0.2) is 15.2 Å². The summed E-state index contributed by atoms with van der Waals surface area (Å²) in [6, 6.07) is 1.06. The largest absolute Gasteiger partial charge is 0.176 e. The highest BCUT2D eigenvalue weighted by Crippen LogP contribution is 1.78. The van der Waals surface area contributed by atoms with Crippen molar-refractivity contribution in [2.24, 2.45) is 0 Å². The van der Waals surface area contributed by atoms with Crippen molar-refractivity contribution in [2.75, 3.05) is 6.38 Å². The van der Waals surface area contributed by atoms with Gasteiger partial charge in [-0.2, -0.15) is 11.1 Å². The second kappa shape index (κ2) is 16.0. The molecule has 0 spiro atoms. The van der Waals surface area contributed by atoms with Gasteiger partial charge in [0.05, 0.1) is 0 Å². The molecule has 0 unspecified atom stereocenters. The number of rotatable bonds is 2. The molecular formula is C4H10Cl2Si. The number of allylic oxidation sites excluding steroid dienone is 1. The minimum absolute atomic E-state index is 0.232. The van der Waals surface area contributed by atoms with Crippen molar-refractivity contribution in [3.63, 3.8) is 0 Å². The van der Waals surface area contributed by atoms with Crippen LogP contribution in [0.15, 0.2) is 12.7 Å². The van der Waals surface area contributed by atoms with Crippen LogP contribution in [0.5, 0.6) is 0 Å². The summed E-state index contributed by atoms with van der Waals surface area (Å²) in [5.41, 5.74) is 0. The summed E-state index contributed by atoms with van der Waals surface area (Å²) < 4.78 is 0. The minimum Gasteiger partial charge on any atom is -0.176 e. The van der Waals surface area contributed by atoms with Crippen molar-refractivity contribution in [1.82, 2.24) is 0 Å². The Labute approximate surface area is 57.0 Å². The zero-order chi connectivity index (χ0) is 6.12. The summed E-state index contributed by atoms with van der Waals surface area (Å²) in [6.07, 6.45) is 3.33. The van der Waals surface area contributed by atoms with Crippen LogP contribution in [0.1, 0.15) is 0 Å². The van der Waals surface area contributed by atoms with Crippen molar-refractivity contribution in [2.45, 2.75) is 6.04 Å². The summed E-state index contributed by atoms with van der Waals surface area (Å²) >= 11 is 10.0. The molecule has 0 rings (SSSR count). The van der Waals surface area contributed by atoms with E-state index in [1.165, 1.54) is 6.38 Å². The van der Waals surface area contributed by atoms with E-state index in [4.69, 9.17) is 11.1 Å². The van der Waals surface area contributed by atoms with Crippen LogP contribution >= 0.6 is 22.7 Å². The second-order valence-corrected chi connectivity index (χ2v) is 2.86. The van der Waals surface area contributed by atoms with Gasteiger partial charge in [0.15, 0.2) is 0 Å². The Kier molecular flexibility index (Phi) is 24.0. The molecule has 0 aliphatic carbocycles. The Morgan fingerprint density at radius 3 is 2.14 bits per heavy atom. The first-order valence-corrected chi connectivity index (χ1v) is 5.86. The molecule has 0 nitrogen and oxygen atoms in total. The van der Waals surface area contributed by atoms with E-state index in [1.807, 2.05) is 6.08 Å². The highest BCUT2D eigenvalue weighted by Gasteiger charge is 1.66. The second-order valence-electron chi connectivity index (χ2n) is 0.766. The van der Waals surface area contributed by atoms with Crippen molar-refractivity contribution in [3.8, 4) is 0 Å². The van der Waals surface area contributed by atoms with Gasteiger partial charge in [0.1, 0.15) is 8.83 Å². The van der Waals surface area contributed by atoms with Gasteiger partial charge in [0.2, 0.25) is 0 Å². The van der Waals surface area contributed by atoms with Gasteiger partial charge < -0.3 is 0 Å². The normalized spacial score (nSPS) is 7.86. The first-order chi connectivity index (χ1) is 3.41. The molecule has 0 radical (unpaired) electrons. The van der Waals surface area contributed by atoms with E-state index >= 15 is 0 Å². The lowest BCUT2D eigenvalue weighted by molar-refractivity contribution is 1.75. The number of hydrogen-bond acceptors (Lipinski definition) is 0. The van der Waals surface area contributed by atoms with E-state index in [2.05, 4.69) is 18.2 Å². The van der Waals surface area contributed by atoms with Crippen LogP contribution in [0.4, 0.5) is 0 Å². The molecule has 44 valence electrons. The first-order valence-electron chi connectivity index (χ1n) is 1.96. The third kappa shape index (κ3) is 20.9. The number of halogens is 2. The lowest BCUT2D eigenvalue weighted by atomic mass is 10.8. The van der Waals surface area contributed by atoms with E-state index in [0.717, 1.165) is 6.04 Å². The average Bonchev–Trinajstić information content (AvgIpc) is 1.75. The third-order valence-electron chi connectivity index (χ3n) is 0.313. The monoisotopic (exact) mass is 156 g/mol. The molecule has 0 atom stereocenters. The van der Waals surface area contributed by atoms with Gasteiger partial charge in [-0.25, -0.2) is 0 Å². The SMILES string of the molecule is C=CC[SiH2]Cl.CCl. The average molecular weight is 157 g/mol. The first kappa shape index (κ1) is 10.5. The topological polar surface area (TPSA) is 0 Å². The van der Waals surface area contributed by atoms with Gasteiger partial charge in [-0.15, -0.1) is 18.2 Å². The molecule has 0 fully saturated rings. The molecule has 0 aliphatic heterocycles. The van der Waals surface area contributed by atoms with Gasteiger partial charge >= 0.3 is 0 Å². The van der Waals surface area contributed by atoms with Gasteiger partial charge in [-0.1, -0.05) is 6.08 Å². The van der Waals surface area contributed by atoms with Crippen LogP contribution in [0.3, 0.4) is 0 Å². The Morgan fingerprint density at radius 1 is 1.71 bits per heavy atom. The molecule has 0 aromatic heterocycles. The standard InChI is InChI=1S/C3H7ClSi.CH3Cl/c1-2-3-5-4;1-2/h2H,1,3,5H2;1H3. The van der Waals surface area contributed by atoms with E-state index in [0.29, 0.717) is 0 Å². The Bertz CT molecular complexity index is 30.9. The van der Waals surface area contributed by atoms with E-state index in [9.17, 15) is 0 Å². The van der Waals surface area contributed by atoms with Crippen LogP contribution in [0.2, 0.25) is 6.04 Å². The Balaban J connectivity index is 0. The predicted octanol–water partition coefficient (Wildman–Crippen LogP) is 1.77. The molecule has 0 aromatic rings. The summed E-state index contributed by atoms with van der Waals surface area (Å²) in [4.78, 5) is 0. The zero-order valence-corrected chi connectivity index (χ0v) is 7.38. The van der Waals surface area contributed by atoms with Gasteiger partial charge in [-0.3, -0.25) is 0 Å². The fraction of sp³-hybridized carbons (Fsp3) is 0.500. The Morgan fingerprint density at radius 2 is 2.14 bits per heavy atom.